The number of benzene rings is 2. The maximum atomic E-state index is 12.4. The molecule has 0 saturated carbocycles. The van der Waals surface area contributed by atoms with Crippen LogP contribution in [0.1, 0.15) is 29.8 Å². The standard InChI is InChI=1S/C21H22N2O3/c1-13(24)23-11-10-16-15-6-4-5-7-18(15)22-20(16)21(23)17-9-8-14(25-2)12-19(17)26-3/h4-9,12,21-22H,10-11H2,1-3H3. The minimum absolute atomic E-state index is 0.0529. The molecule has 4 rings (SSSR count). The van der Waals surface area contributed by atoms with Crippen LogP contribution in [0, 0.1) is 0 Å². The second-order valence-corrected chi connectivity index (χ2v) is 6.54. The third-order valence-electron chi connectivity index (χ3n) is 5.17. The molecular formula is C21H22N2O3. The van der Waals surface area contributed by atoms with Crippen LogP contribution in [0.25, 0.3) is 10.9 Å². The van der Waals surface area contributed by atoms with E-state index in [9.17, 15) is 4.79 Å². The van der Waals surface area contributed by atoms with Crippen molar-refractivity contribution in [3.05, 3.63) is 59.3 Å². The fourth-order valence-electron chi connectivity index (χ4n) is 3.95. The Morgan fingerprint density at radius 1 is 1.15 bits per heavy atom. The van der Waals surface area contributed by atoms with E-state index < -0.39 is 0 Å². The van der Waals surface area contributed by atoms with Gasteiger partial charge in [-0.1, -0.05) is 18.2 Å². The third kappa shape index (κ3) is 2.51. The lowest BCUT2D eigenvalue weighted by atomic mass is 9.91. The van der Waals surface area contributed by atoms with E-state index in [0.717, 1.165) is 28.9 Å². The lowest BCUT2D eigenvalue weighted by Gasteiger charge is -2.36. The Hall–Kier alpha value is -2.95. The number of rotatable bonds is 3. The van der Waals surface area contributed by atoms with Crippen LogP contribution >= 0.6 is 0 Å². The highest BCUT2D eigenvalue weighted by Gasteiger charge is 2.34. The number of carbonyl (C=O) groups excluding carboxylic acids is 1. The normalized spacial score (nSPS) is 16.4. The molecule has 0 aliphatic carbocycles. The van der Waals surface area contributed by atoms with Gasteiger partial charge in [-0.2, -0.15) is 0 Å². The zero-order valence-corrected chi connectivity index (χ0v) is 15.2. The number of carbonyl (C=O) groups is 1. The molecule has 0 bridgehead atoms. The van der Waals surface area contributed by atoms with Crippen molar-refractivity contribution in [3.8, 4) is 11.5 Å². The van der Waals surface area contributed by atoms with Gasteiger partial charge in [0.1, 0.15) is 17.5 Å². The molecule has 0 spiro atoms. The SMILES string of the molecule is COc1ccc(C2c3[nH]c4ccccc4c3CCN2C(C)=O)c(OC)c1. The number of H-pyrrole nitrogens is 1. The van der Waals surface area contributed by atoms with E-state index in [1.807, 2.05) is 29.2 Å². The summed E-state index contributed by atoms with van der Waals surface area (Å²) in [6.07, 6.45) is 0.841. The van der Waals surface area contributed by atoms with Crippen LogP contribution in [-0.4, -0.2) is 36.6 Å². The molecule has 134 valence electrons. The first-order valence-corrected chi connectivity index (χ1v) is 8.72. The van der Waals surface area contributed by atoms with Crippen LogP contribution in [0.4, 0.5) is 0 Å². The van der Waals surface area contributed by atoms with Gasteiger partial charge in [-0.25, -0.2) is 0 Å². The van der Waals surface area contributed by atoms with E-state index in [4.69, 9.17) is 9.47 Å². The lowest BCUT2D eigenvalue weighted by Crippen LogP contribution is -2.39. The summed E-state index contributed by atoms with van der Waals surface area (Å²) in [5.74, 6) is 1.50. The van der Waals surface area contributed by atoms with Crippen LogP contribution in [-0.2, 0) is 11.2 Å². The van der Waals surface area contributed by atoms with Gasteiger partial charge in [0.25, 0.3) is 0 Å². The van der Waals surface area contributed by atoms with Crippen LogP contribution in [0.2, 0.25) is 0 Å². The first-order valence-electron chi connectivity index (χ1n) is 8.72. The fraction of sp³-hybridized carbons (Fsp3) is 0.286. The van der Waals surface area contributed by atoms with Crippen LogP contribution < -0.4 is 9.47 Å². The number of methoxy groups -OCH3 is 2. The van der Waals surface area contributed by atoms with Crippen molar-refractivity contribution in [3.63, 3.8) is 0 Å². The first-order chi connectivity index (χ1) is 12.6. The Bertz CT molecular complexity index is 977. The Balaban J connectivity index is 1.94. The molecule has 0 saturated heterocycles. The van der Waals surface area contributed by atoms with Gasteiger partial charge in [-0.3, -0.25) is 4.79 Å². The Labute approximate surface area is 152 Å². The van der Waals surface area contributed by atoms with E-state index in [2.05, 4.69) is 23.2 Å². The predicted molar refractivity (Wildman–Crippen MR) is 101 cm³/mol. The largest absolute Gasteiger partial charge is 0.497 e. The number of fused-ring (bicyclic) bond motifs is 3. The molecule has 1 aromatic heterocycles. The van der Waals surface area contributed by atoms with Gasteiger partial charge in [0.2, 0.25) is 5.91 Å². The number of aromatic nitrogens is 1. The monoisotopic (exact) mass is 350 g/mol. The second-order valence-electron chi connectivity index (χ2n) is 6.54. The molecule has 2 aromatic carbocycles. The summed E-state index contributed by atoms with van der Waals surface area (Å²) in [4.78, 5) is 17.8. The van der Waals surface area contributed by atoms with E-state index in [0.29, 0.717) is 12.3 Å². The molecule has 0 fully saturated rings. The molecule has 5 nitrogen and oxygen atoms in total. The Morgan fingerprint density at radius 3 is 2.69 bits per heavy atom. The van der Waals surface area contributed by atoms with Crippen LogP contribution in [0.5, 0.6) is 11.5 Å². The Morgan fingerprint density at radius 2 is 1.96 bits per heavy atom. The number of para-hydroxylation sites is 1. The molecule has 1 unspecified atom stereocenters. The van der Waals surface area contributed by atoms with Crippen molar-refractivity contribution in [2.24, 2.45) is 0 Å². The van der Waals surface area contributed by atoms with Crippen molar-refractivity contribution in [1.29, 1.82) is 0 Å². The number of amides is 1. The van der Waals surface area contributed by atoms with E-state index in [1.54, 1.807) is 21.1 Å². The zero-order valence-electron chi connectivity index (χ0n) is 15.2. The van der Waals surface area contributed by atoms with Crippen molar-refractivity contribution in [2.45, 2.75) is 19.4 Å². The lowest BCUT2D eigenvalue weighted by molar-refractivity contribution is -0.130. The van der Waals surface area contributed by atoms with Gasteiger partial charge in [0.15, 0.2) is 0 Å². The number of ether oxygens (including phenoxy) is 2. The highest BCUT2D eigenvalue weighted by atomic mass is 16.5. The first kappa shape index (κ1) is 16.5. The number of nitrogens with one attached hydrogen (secondary N) is 1. The molecule has 1 aliphatic heterocycles. The molecule has 0 radical (unpaired) electrons. The van der Waals surface area contributed by atoms with Crippen molar-refractivity contribution in [2.75, 3.05) is 20.8 Å². The van der Waals surface area contributed by atoms with E-state index >= 15 is 0 Å². The fourth-order valence-corrected chi connectivity index (χ4v) is 3.95. The van der Waals surface area contributed by atoms with Crippen molar-refractivity contribution >= 4 is 16.8 Å². The predicted octanol–water partition coefficient (Wildman–Crippen LogP) is 3.68. The zero-order chi connectivity index (χ0) is 18.3. The maximum Gasteiger partial charge on any atom is 0.220 e. The summed E-state index contributed by atoms with van der Waals surface area (Å²) in [5.41, 5.74) is 4.40. The minimum atomic E-state index is -0.204. The van der Waals surface area contributed by atoms with Crippen molar-refractivity contribution in [1.82, 2.24) is 9.88 Å². The highest BCUT2D eigenvalue weighted by molar-refractivity contribution is 5.86. The summed E-state index contributed by atoms with van der Waals surface area (Å²) < 4.78 is 10.9. The molecule has 1 amide bonds. The minimum Gasteiger partial charge on any atom is -0.497 e. The summed E-state index contributed by atoms with van der Waals surface area (Å²) in [6.45, 7) is 2.31. The summed E-state index contributed by atoms with van der Waals surface area (Å²) in [7, 11) is 3.28. The van der Waals surface area contributed by atoms with Gasteiger partial charge in [-0.15, -0.1) is 0 Å². The molecular weight excluding hydrogens is 328 g/mol. The number of hydrogen-bond acceptors (Lipinski definition) is 3. The van der Waals surface area contributed by atoms with Crippen LogP contribution in [0.15, 0.2) is 42.5 Å². The van der Waals surface area contributed by atoms with Gasteiger partial charge >= 0.3 is 0 Å². The summed E-state index contributed by atoms with van der Waals surface area (Å²) in [6, 6.07) is 13.8. The molecule has 1 N–H and O–H groups in total. The van der Waals surface area contributed by atoms with Gasteiger partial charge in [-0.05, 0) is 30.2 Å². The van der Waals surface area contributed by atoms with Gasteiger partial charge in [0, 0.05) is 41.7 Å². The summed E-state index contributed by atoms with van der Waals surface area (Å²) >= 11 is 0. The van der Waals surface area contributed by atoms with Gasteiger partial charge in [0.05, 0.1) is 14.2 Å². The summed E-state index contributed by atoms with van der Waals surface area (Å²) in [5, 5.41) is 1.23. The Kier molecular flexibility index (Phi) is 4.07. The van der Waals surface area contributed by atoms with Crippen molar-refractivity contribution < 1.29 is 14.3 Å². The van der Waals surface area contributed by atoms with E-state index in [1.165, 1.54) is 10.9 Å². The number of hydrogen-bond donors (Lipinski definition) is 1. The molecule has 5 heteroatoms. The molecule has 26 heavy (non-hydrogen) atoms. The second kappa shape index (κ2) is 6.41. The molecule has 2 heterocycles. The quantitative estimate of drug-likeness (QED) is 0.784. The van der Waals surface area contributed by atoms with Crippen LogP contribution in [0.3, 0.4) is 0 Å². The average Bonchev–Trinajstić information content (AvgIpc) is 3.05. The maximum absolute atomic E-state index is 12.4. The van der Waals surface area contributed by atoms with Gasteiger partial charge < -0.3 is 19.4 Å². The highest BCUT2D eigenvalue weighted by Crippen LogP contribution is 2.42. The number of nitrogens with zero attached hydrogens (tertiary/aromatic N) is 1. The molecule has 1 atom stereocenters. The number of aromatic amines is 1. The average molecular weight is 350 g/mol. The topological polar surface area (TPSA) is 54.6 Å². The molecule has 3 aromatic rings. The third-order valence-corrected chi connectivity index (χ3v) is 5.17. The smallest absolute Gasteiger partial charge is 0.220 e. The molecule has 1 aliphatic rings. The van der Waals surface area contributed by atoms with E-state index in [-0.39, 0.29) is 11.9 Å².